The van der Waals surface area contributed by atoms with Gasteiger partial charge in [-0.05, 0) is 13.0 Å². The molecule has 0 aliphatic carbocycles. The number of hydrogen-bond donors (Lipinski definition) is 2. The van der Waals surface area contributed by atoms with Crippen LogP contribution in [0.4, 0.5) is 8.78 Å². The van der Waals surface area contributed by atoms with Crippen molar-refractivity contribution in [3.05, 3.63) is 39.6 Å². The number of rotatable bonds is 7. The number of amidine groups is 1. The molecule has 1 aliphatic heterocycles. The Hall–Kier alpha value is -2.62. The number of nitrogens with two attached hydrogens (primary N) is 1. The fourth-order valence-electron chi connectivity index (χ4n) is 2.03. The summed E-state index contributed by atoms with van der Waals surface area (Å²) in [5, 5.41) is 5.51. The van der Waals surface area contributed by atoms with Crippen LogP contribution in [-0.2, 0) is 9.53 Å². The van der Waals surface area contributed by atoms with Crippen LogP contribution in [0.25, 0.3) is 0 Å². The van der Waals surface area contributed by atoms with Gasteiger partial charge in [-0.25, -0.2) is 9.98 Å². The number of alkyl halides is 2. The lowest BCUT2D eigenvalue weighted by Gasteiger charge is -2.21. The van der Waals surface area contributed by atoms with E-state index in [1.165, 1.54) is 17.4 Å². The second-order valence-electron chi connectivity index (χ2n) is 4.76. The van der Waals surface area contributed by atoms with E-state index in [9.17, 15) is 13.6 Å². The molecule has 0 bridgehead atoms. The van der Waals surface area contributed by atoms with Crippen molar-refractivity contribution in [3.63, 3.8) is 0 Å². The number of aromatic nitrogens is 1. The first-order valence-corrected chi connectivity index (χ1v) is 8.25. The number of nitrogens with one attached hydrogen (secondary N) is 1. The number of hydrogen-bond acceptors (Lipinski definition) is 8. The summed E-state index contributed by atoms with van der Waals surface area (Å²) in [6.45, 7) is -0.669. The molecule has 0 aromatic carbocycles. The maximum atomic E-state index is 12.1. The van der Waals surface area contributed by atoms with Crippen molar-refractivity contribution in [2.75, 3.05) is 13.2 Å². The molecule has 0 saturated heterocycles. The number of thiazole rings is 1. The van der Waals surface area contributed by atoms with Crippen molar-refractivity contribution in [1.82, 2.24) is 10.3 Å². The molecule has 7 nitrogen and oxygen atoms in total. The van der Waals surface area contributed by atoms with Crippen LogP contribution in [0.2, 0.25) is 0 Å². The molecule has 3 N–H and O–H groups in total. The number of aliphatic imine (C=N–C) groups is 2. The number of nitrogens with zero attached hydrogens (tertiary/aromatic N) is 3. The van der Waals surface area contributed by atoms with Crippen molar-refractivity contribution < 1.29 is 18.3 Å². The molecule has 0 amide bonds. The Morgan fingerprint density at radius 2 is 2.40 bits per heavy atom. The highest BCUT2D eigenvalue weighted by Gasteiger charge is 2.21. The minimum atomic E-state index is -2.81. The van der Waals surface area contributed by atoms with Gasteiger partial charge in [-0.15, -0.1) is 11.3 Å². The minimum absolute atomic E-state index is 0.0475. The van der Waals surface area contributed by atoms with Crippen LogP contribution in [0.1, 0.15) is 18.4 Å². The van der Waals surface area contributed by atoms with E-state index in [0.29, 0.717) is 22.1 Å². The van der Waals surface area contributed by atoms with E-state index in [0.717, 1.165) is 6.21 Å². The smallest absolute Gasteiger partial charge is 0.331 e. The van der Waals surface area contributed by atoms with E-state index >= 15 is 0 Å². The highest BCUT2D eigenvalue weighted by atomic mass is 32.1. The molecule has 0 unspecified atom stereocenters. The number of halogens is 2. The van der Waals surface area contributed by atoms with E-state index in [-0.39, 0.29) is 25.3 Å². The molecule has 134 valence electrons. The average molecular weight is 369 g/mol. The molecule has 10 heteroatoms. The maximum Gasteiger partial charge on any atom is 0.331 e. The first-order valence-electron chi connectivity index (χ1n) is 7.37. The summed E-state index contributed by atoms with van der Waals surface area (Å²) in [5.74, 6) is 0.0871. The van der Waals surface area contributed by atoms with Gasteiger partial charge in [-0.1, -0.05) is 0 Å². The van der Waals surface area contributed by atoms with E-state index in [2.05, 4.69) is 20.3 Å². The molecule has 0 radical (unpaired) electrons. The summed E-state index contributed by atoms with van der Waals surface area (Å²) in [7, 11) is 0. The fourth-order valence-corrected chi connectivity index (χ4v) is 2.63. The summed E-state index contributed by atoms with van der Waals surface area (Å²) in [5.41, 5.74) is 7.14. The molecule has 1 aliphatic rings. The average Bonchev–Trinajstić information content (AvgIpc) is 3.09. The molecular formula is C15H17F2N5O2S. The molecule has 0 saturated carbocycles. The molecule has 1 aromatic heterocycles. The van der Waals surface area contributed by atoms with Gasteiger partial charge in [0.2, 0.25) is 0 Å². The molecule has 0 atom stereocenters. The Morgan fingerprint density at radius 3 is 3.04 bits per heavy atom. The quantitative estimate of drug-likeness (QED) is 0.434. The van der Waals surface area contributed by atoms with Crippen LogP contribution in [0.5, 0.6) is 0 Å². The largest absolute Gasteiger partial charge is 0.466 e. The van der Waals surface area contributed by atoms with Crippen molar-refractivity contribution >= 4 is 29.4 Å². The van der Waals surface area contributed by atoms with Crippen LogP contribution >= 0.6 is 11.3 Å². The van der Waals surface area contributed by atoms with Gasteiger partial charge in [0, 0.05) is 34.8 Å². The standard InChI is InChI=1S/C15H17F2N5O2S/c1-2-24-12(23)7-11-9(10(18)3-4-20-15(16)17)8-21-13(22-11)14-19-5-6-25-14/h3-6,15H,2,7-8,18H2,1H3,(H,21,22). The molecule has 0 spiro atoms. The summed E-state index contributed by atoms with van der Waals surface area (Å²) in [6.07, 6.45) is 3.77. The van der Waals surface area contributed by atoms with Gasteiger partial charge < -0.3 is 15.8 Å². The summed E-state index contributed by atoms with van der Waals surface area (Å²) in [4.78, 5) is 23.3. The lowest BCUT2D eigenvalue weighted by Crippen LogP contribution is -2.32. The predicted molar refractivity (Wildman–Crippen MR) is 91.7 cm³/mol. The lowest BCUT2D eigenvalue weighted by molar-refractivity contribution is -0.142. The maximum absolute atomic E-state index is 12.1. The second kappa shape index (κ2) is 9.02. The van der Waals surface area contributed by atoms with Crippen molar-refractivity contribution in [2.45, 2.75) is 19.9 Å². The normalized spacial score (nSPS) is 15.5. The second-order valence-corrected chi connectivity index (χ2v) is 5.66. The van der Waals surface area contributed by atoms with Gasteiger partial charge >= 0.3 is 12.5 Å². The SMILES string of the molecule is CCOC(=O)CC1=C(C(N)=CC=NC(F)F)CN=C(c2nccs2)N1. The Bertz CT molecular complexity index is 726. The Balaban J connectivity index is 2.25. The zero-order valence-electron chi connectivity index (χ0n) is 13.4. The third-order valence-electron chi connectivity index (χ3n) is 3.09. The minimum Gasteiger partial charge on any atom is -0.466 e. The highest BCUT2D eigenvalue weighted by molar-refractivity contribution is 7.11. The molecule has 2 heterocycles. The Morgan fingerprint density at radius 1 is 1.60 bits per heavy atom. The van der Waals surface area contributed by atoms with Gasteiger partial charge in [0.1, 0.15) is 0 Å². The summed E-state index contributed by atoms with van der Waals surface area (Å²) in [6, 6.07) is 0. The third kappa shape index (κ3) is 5.45. The van der Waals surface area contributed by atoms with Gasteiger partial charge in [-0.2, -0.15) is 8.78 Å². The first-order chi connectivity index (χ1) is 12.0. The molecular weight excluding hydrogens is 352 g/mol. The summed E-state index contributed by atoms with van der Waals surface area (Å²) < 4.78 is 29.1. The van der Waals surface area contributed by atoms with Crippen molar-refractivity contribution in [1.29, 1.82) is 0 Å². The molecule has 1 aromatic rings. The van der Waals surface area contributed by atoms with Gasteiger partial charge in [0.25, 0.3) is 0 Å². The van der Waals surface area contributed by atoms with Crippen LogP contribution in [0.15, 0.2) is 44.6 Å². The van der Waals surface area contributed by atoms with Crippen LogP contribution in [-0.4, -0.2) is 42.7 Å². The predicted octanol–water partition coefficient (Wildman–Crippen LogP) is 1.84. The van der Waals surface area contributed by atoms with E-state index in [1.807, 2.05) is 0 Å². The Labute approximate surface area is 147 Å². The number of carbonyl (C=O) groups is 1. The molecule has 0 fully saturated rings. The zero-order chi connectivity index (χ0) is 18.2. The van der Waals surface area contributed by atoms with Crippen molar-refractivity contribution in [3.8, 4) is 0 Å². The van der Waals surface area contributed by atoms with Crippen molar-refractivity contribution in [2.24, 2.45) is 15.7 Å². The third-order valence-corrected chi connectivity index (χ3v) is 3.87. The topological polar surface area (TPSA) is 102 Å². The number of esters is 1. The van der Waals surface area contributed by atoms with Gasteiger partial charge in [0.05, 0.1) is 19.6 Å². The van der Waals surface area contributed by atoms with E-state index in [4.69, 9.17) is 10.5 Å². The number of carbonyl (C=O) groups excluding carboxylic acids is 1. The number of allylic oxidation sites excluding steroid dienone is 1. The van der Waals surface area contributed by atoms with E-state index < -0.39 is 12.5 Å². The number of ether oxygens (including phenoxy) is 1. The highest BCUT2D eigenvalue weighted by Crippen LogP contribution is 2.19. The zero-order valence-corrected chi connectivity index (χ0v) is 14.2. The van der Waals surface area contributed by atoms with E-state index in [1.54, 1.807) is 18.5 Å². The first kappa shape index (κ1) is 18.7. The molecule has 25 heavy (non-hydrogen) atoms. The fraction of sp³-hybridized carbons (Fsp3) is 0.333. The molecule has 2 rings (SSSR count). The van der Waals surface area contributed by atoms with Crippen LogP contribution < -0.4 is 11.1 Å². The van der Waals surface area contributed by atoms with Gasteiger partial charge in [0.15, 0.2) is 10.8 Å². The Kier molecular flexibility index (Phi) is 6.75. The lowest BCUT2D eigenvalue weighted by atomic mass is 10.1. The monoisotopic (exact) mass is 369 g/mol. The van der Waals surface area contributed by atoms with Gasteiger partial charge in [-0.3, -0.25) is 9.79 Å². The van der Waals surface area contributed by atoms with Crippen LogP contribution in [0, 0.1) is 0 Å². The summed E-state index contributed by atoms with van der Waals surface area (Å²) >= 11 is 1.39. The van der Waals surface area contributed by atoms with Crippen LogP contribution in [0.3, 0.4) is 0 Å².